The minimum absolute atomic E-state index is 0.0241. The average Bonchev–Trinajstić information content (AvgIpc) is 3.10. The number of hydrogen-bond acceptors (Lipinski definition) is 2. The van der Waals surface area contributed by atoms with Crippen molar-refractivity contribution in [2.45, 2.75) is 33.7 Å². The third-order valence-electron chi connectivity index (χ3n) is 3.77. The Morgan fingerprint density at radius 2 is 1.71 bits per heavy atom. The van der Waals surface area contributed by atoms with Gasteiger partial charge in [-0.05, 0) is 25.5 Å². The number of benzene rings is 1. The van der Waals surface area contributed by atoms with Crippen LogP contribution in [0, 0.1) is 5.92 Å². The lowest BCUT2D eigenvalue weighted by Crippen LogP contribution is -2.15. The molecule has 3 heteroatoms. The molecule has 0 saturated heterocycles. The van der Waals surface area contributed by atoms with Gasteiger partial charge in [-0.25, -0.2) is 0 Å². The van der Waals surface area contributed by atoms with E-state index >= 15 is 0 Å². The molecule has 1 aromatic carbocycles. The topological polar surface area (TPSA) is 39.1 Å². The molecule has 0 aliphatic carbocycles. The summed E-state index contributed by atoms with van der Waals surface area (Å²) in [6.07, 6.45) is 0.747. The van der Waals surface area contributed by atoms with E-state index in [4.69, 9.17) is 0 Å². The molecule has 0 saturated carbocycles. The SMILES string of the molecule is CC.CC(=O)C1Cc2ccc(C(=O)c3ccccc3)n2C1. The monoisotopic (exact) mass is 283 g/mol. The van der Waals surface area contributed by atoms with E-state index in [1.807, 2.05) is 60.9 Å². The van der Waals surface area contributed by atoms with Gasteiger partial charge in [0.15, 0.2) is 0 Å². The number of rotatable bonds is 3. The summed E-state index contributed by atoms with van der Waals surface area (Å²) in [7, 11) is 0. The quantitative estimate of drug-likeness (QED) is 0.809. The van der Waals surface area contributed by atoms with E-state index in [1.54, 1.807) is 6.92 Å². The highest BCUT2D eigenvalue weighted by atomic mass is 16.1. The van der Waals surface area contributed by atoms with E-state index in [1.165, 1.54) is 0 Å². The maximum Gasteiger partial charge on any atom is 0.209 e. The molecule has 0 fully saturated rings. The number of fused-ring (bicyclic) bond motifs is 1. The molecule has 0 spiro atoms. The second-order valence-corrected chi connectivity index (χ2v) is 5.03. The zero-order valence-electron chi connectivity index (χ0n) is 12.8. The fraction of sp³-hybridized carbons (Fsp3) is 0.333. The van der Waals surface area contributed by atoms with E-state index in [0.717, 1.165) is 12.1 Å². The molecule has 0 N–H and O–H groups in total. The molecule has 0 bridgehead atoms. The average molecular weight is 283 g/mol. The first kappa shape index (κ1) is 15.2. The second kappa shape index (κ2) is 6.53. The highest BCUT2D eigenvalue weighted by molar-refractivity contribution is 6.08. The molecule has 1 aliphatic heterocycles. The van der Waals surface area contributed by atoms with Crippen LogP contribution in [0.15, 0.2) is 42.5 Å². The van der Waals surface area contributed by atoms with Gasteiger partial charge in [0.05, 0.1) is 5.69 Å². The minimum Gasteiger partial charge on any atom is -0.341 e. The van der Waals surface area contributed by atoms with Gasteiger partial charge in [0.25, 0.3) is 0 Å². The van der Waals surface area contributed by atoms with Crippen LogP contribution in [-0.4, -0.2) is 16.1 Å². The van der Waals surface area contributed by atoms with Gasteiger partial charge < -0.3 is 4.57 Å². The standard InChI is InChI=1S/C16H15NO2.C2H6/c1-11(18)13-9-14-7-8-15(17(14)10-13)16(19)12-5-3-2-4-6-12;1-2/h2-8,13H,9-10H2,1H3;1-2H3. The Balaban J connectivity index is 0.000000774. The van der Waals surface area contributed by atoms with Crippen LogP contribution in [-0.2, 0) is 17.8 Å². The van der Waals surface area contributed by atoms with Crippen LogP contribution in [0.5, 0.6) is 0 Å². The Morgan fingerprint density at radius 3 is 2.33 bits per heavy atom. The lowest BCUT2D eigenvalue weighted by Gasteiger charge is -2.07. The molecular formula is C18H21NO2. The molecule has 1 unspecified atom stereocenters. The van der Waals surface area contributed by atoms with Gasteiger partial charge in [0, 0.05) is 23.7 Å². The Bertz CT molecular complexity index is 640. The van der Waals surface area contributed by atoms with Crippen LogP contribution in [0.1, 0.15) is 42.5 Å². The molecule has 2 aromatic rings. The molecule has 1 atom stereocenters. The predicted octanol–water partition coefficient (Wildman–Crippen LogP) is 3.51. The van der Waals surface area contributed by atoms with Crippen molar-refractivity contribution in [3.63, 3.8) is 0 Å². The summed E-state index contributed by atoms with van der Waals surface area (Å²) in [6, 6.07) is 13.1. The number of hydrogen-bond donors (Lipinski definition) is 0. The van der Waals surface area contributed by atoms with E-state index in [9.17, 15) is 9.59 Å². The molecule has 0 amide bonds. The van der Waals surface area contributed by atoms with Gasteiger partial charge in [0.1, 0.15) is 5.78 Å². The highest BCUT2D eigenvalue weighted by Crippen LogP contribution is 2.25. The largest absolute Gasteiger partial charge is 0.341 e. The van der Waals surface area contributed by atoms with E-state index in [-0.39, 0.29) is 17.5 Å². The first-order valence-corrected chi connectivity index (χ1v) is 7.45. The zero-order chi connectivity index (χ0) is 15.4. The number of carbonyl (C=O) groups is 2. The second-order valence-electron chi connectivity index (χ2n) is 5.03. The van der Waals surface area contributed by atoms with Gasteiger partial charge in [-0.3, -0.25) is 9.59 Å². The molecule has 1 aliphatic rings. The Labute approximate surface area is 125 Å². The van der Waals surface area contributed by atoms with Gasteiger partial charge in [-0.1, -0.05) is 44.2 Å². The molecule has 0 radical (unpaired) electrons. The zero-order valence-corrected chi connectivity index (χ0v) is 12.8. The van der Waals surface area contributed by atoms with Gasteiger partial charge >= 0.3 is 0 Å². The first-order chi connectivity index (χ1) is 10.2. The van der Waals surface area contributed by atoms with Crippen molar-refractivity contribution in [1.82, 2.24) is 4.57 Å². The van der Waals surface area contributed by atoms with Gasteiger partial charge in [-0.15, -0.1) is 0 Å². The molecule has 2 heterocycles. The minimum atomic E-state index is 0.0241. The molecular weight excluding hydrogens is 262 g/mol. The number of ketones is 2. The van der Waals surface area contributed by atoms with Crippen molar-refractivity contribution >= 4 is 11.6 Å². The van der Waals surface area contributed by atoms with E-state index < -0.39 is 0 Å². The lowest BCUT2D eigenvalue weighted by atomic mass is 10.0. The van der Waals surface area contributed by atoms with Gasteiger partial charge in [0.2, 0.25) is 5.78 Å². The Hall–Kier alpha value is -2.16. The molecule has 110 valence electrons. The summed E-state index contributed by atoms with van der Waals surface area (Å²) in [5.74, 6) is 0.247. The third kappa shape index (κ3) is 2.97. The number of carbonyl (C=O) groups excluding carboxylic acids is 2. The van der Waals surface area contributed by atoms with Crippen molar-refractivity contribution in [1.29, 1.82) is 0 Å². The fourth-order valence-electron chi connectivity index (χ4n) is 2.65. The summed E-state index contributed by atoms with van der Waals surface area (Å²) in [5, 5.41) is 0. The smallest absolute Gasteiger partial charge is 0.209 e. The van der Waals surface area contributed by atoms with Crippen LogP contribution in [0.4, 0.5) is 0 Å². The van der Waals surface area contributed by atoms with Crippen molar-refractivity contribution in [3.8, 4) is 0 Å². The number of nitrogens with zero attached hydrogens (tertiary/aromatic N) is 1. The third-order valence-corrected chi connectivity index (χ3v) is 3.77. The van der Waals surface area contributed by atoms with Crippen molar-refractivity contribution in [2.24, 2.45) is 5.92 Å². The molecule has 1 aromatic heterocycles. The van der Waals surface area contributed by atoms with Crippen LogP contribution in [0.25, 0.3) is 0 Å². The van der Waals surface area contributed by atoms with E-state index in [2.05, 4.69) is 0 Å². The summed E-state index contributed by atoms with van der Waals surface area (Å²) < 4.78 is 1.99. The maximum absolute atomic E-state index is 12.4. The lowest BCUT2D eigenvalue weighted by molar-refractivity contribution is -0.120. The number of Topliss-reactive ketones (excluding diaryl/α,β-unsaturated/α-hetero) is 1. The Morgan fingerprint density at radius 1 is 1.05 bits per heavy atom. The Kier molecular flexibility index (Phi) is 4.73. The fourth-order valence-corrected chi connectivity index (χ4v) is 2.65. The van der Waals surface area contributed by atoms with Crippen LogP contribution >= 0.6 is 0 Å². The summed E-state index contributed by atoms with van der Waals surface area (Å²) in [6.45, 7) is 6.25. The molecule has 21 heavy (non-hydrogen) atoms. The highest BCUT2D eigenvalue weighted by Gasteiger charge is 2.28. The first-order valence-electron chi connectivity index (χ1n) is 7.45. The van der Waals surface area contributed by atoms with Crippen molar-refractivity contribution in [2.75, 3.05) is 0 Å². The molecule has 3 nitrogen and oxygen atoms in total. The summed E-state index contributed by atoms with van der Waals surface area (Å²) in [4.78, 5) is 23.9. The van der Waals surface area contributed by atoms with Crippen LogP contribution in [0.2, 0.25) is 0 Å². The summed E-state index contributed by atoms with van der Waals surface area (Å²) >= 11 is 0. The predicted molar refractivity (Wildman–Crippen MR) is 83.5 cm³/mol. The molecule has 3 rings (SSSR count). The normalized spacial score (nSPS) is 15.9. The van der Waals surface area contributed by atoms with Gasteiger partial charge in [-0.2, -0.15) is 0 Å². The van der Waals surface area contributed by atoms with Crippen molar-refractivity contribution < 1.29 is 9.59 Å². The maximum atomic E-state index is 12.4. The van der Waals surface area contributed by atoms with Crippen molar-refractivity contribution in [3.05, 3.63) is 59.4 Å². The van der Waals surface area contributed by atoms with E-state index in [0.29, 0.717) is 17.8 Å². The summed E-state index contributed by atoms with van der Waals surface area (Å²) in [5.41, 5.74) is 2.46. The van der Waals surface area contributed by atoms with Crippen LogP contribution < -0.4 is 0 Å². The van der Waals surface area contributed by atoms with Crippen LogP contribution in [0.3, 0.4) is 0 Å². The number of aromatic nitrogens is 1.